The summed E-state index contributed by atoms with van der Waals surface area (Å²) < 4.78 is 12.8. The van der Waals surface area contributed by atoms with Gasteiger partial charge in [-0.15, -0.1) is 0 Å². The predicted molar refractivity (Wildman–Crippen MR) is 66.4 cm³/mol. The minimum atomic E-state index is -0.699. The largest absolute Gasteiger partial charge is 0.384 e. The number of benzene rings is 2. The van der Waals surface area contributed by atoms with E-state index in [0.29, 0.717) is 5.56 Å². The Morgan fingerprint density at radius 3 is 2.06 bits per heavy atom. The second kappa shape index (κ2) is 4.68. The van der Waals surface area contributed by atoms with E-state index in [0.717, 1.165) is 11.1 Å². The molecule has 0 fully saturated rings. The molecule has 2 aromatic carbocycles. The molecule has 1 atom stereocenters. The van der Waals surface area contributed by atoms with E-state index in [-0.39, 0.29) is 5.82 Å². The standard InChI is InChI=1S/C15H15FO/c1-10-3-4-13(9-11(10)2)15(17)12-5-7-14(16)8-6-12/h3-9,15,17H,1-2H3. The molecule has 0 aromatic heterocycles. The van der Waals surface area contributed by atoms with Crippen molar-refractivity contribution < 1.29 is 9.50 Å². The van der Waals surface area contributed by atoms with Crippen molar-refractivity contribution in [1.29, 1.82) is 0 Å². The van der Waals surface area contributed by atoms with E-state index < -0.39 is 6.10 Å². The Labute approximate surface area is 101 Å². The van der Waals surface area contributed by atoms with Gasteiger partial charge in [-0.05, 0) is 48.2 Å². The van der Waals surface area contributed by atoms with Gasteiger partial charge in [-0.2, -0.15) is 0 Å². The smallest absolute Gasteiger partial charge is 0.123 e. The molecule has 1 N–H and O–H groups in total. The Kier molecular flexibility index (Phi) is 3.25. The summed E-state index contributed by atoms with van der Waals surface area (Å²) in [6.07, 6.45) is -0.699. The Bertz CT molecular complexity index is 517. The fraction of sp³-hybridized carbons (Fsp3) is 0.200. The van der Waals surface area contributed by atoms with Crippen LogP contribution in [0.15, 0.2) is 42.5 Å². The summed E-state index contributed by atoms with van der Waals surface area (Å²) in [6, 6.07) is 11.8. The lowest BCUT2D eigenvalue weighted by Crippen LogP contribution is -2.00. The highest BCUT2D eigenvalue weighted by molar-refractivity contribution is 5.35. The minimum Gasteiger partial charge on any atom is -0.384 e. The van der Waals surface area contributed by atoms with Crippen LogP contribution >= 0.6 is 0 Å². The molecule has 1 unspecified atom stereocenters. The summed E-state index contributed by atoms with van der Waals surface area (Å²) in [5.74, 6) is -0.291. The Morgan fingerprint density at radius 2 is 1.47 bits per heavy atom. The summed E-state index contributed by atoms with van der Waals surface area (Å²) >= 11 is 0. The van der Waals surface area contributed by atoms with Gasteiger partial charge in [0.05, 0.1) is 0 Å². The first-order chi connectivity index (χ1) is 8.08. The zero-order valence-corrected chi connectivity index (χ0v) is 9.94. The molecule has 0 bridgehead atoms. The maximum absolute atomic E-state index is 12.8. The molecule has 17 heavy (non-hydrogen) atoms. The fourth-order valence-electron chi connectivity index (χ4n) is 1.77. The molecular weight excluding hydrogens is 215 g/mol. The number of halogens is 1. The van der Waals surface area contributed by atoms with E-state index in [1.54, 1.807) is 12.1 Å². The van der Waals surface area contributed by atoms with E-state index in [2.05, 4.69) is 0 Å². The van der Waals surface area contributed by atoms with Crippen LogP contribution in [0.3, 0.4) is 0 Å². The maximum Gasteiger partial charge on any atom is 0.123 e. The average molecular weight is 230 g/mol. The van der Waals surface area contributed by atoms with Gasteiger partial charge in [0.15, 0.2) is 0 Å². The molecule has 0 amide bonds. The van der Waals surface area contributed by atoms with Crippen molar-refractivity contribution >= 4 is 0 Å². The highest BCUT2D eigenvalue weighted by Gasteiger charge is 2.10. The molecule has 0 radical (unpaired) electrons. The highest BCUT2D eigenvalue weighted by atomic mass is 19.1. The number of hydrogen-bond acceptors (Lipinski definition) is 1. The number of aliphatic hydroxyl groups is 1. The van der Waals surface area contributed by atoms with Crippen molar-refractivity contribution in [2.24, 2.45) is 0 Å². The predicted octanol–water partition coefficient (Wildman–Crippen LogP) is 3.52. The van der Waals surface area contributed by atoms with E-state index in [9.17, 15) is 9.50 Å². The van der Waals surface area contributed by atoms with Crippen molar-refractivity contribution in [2.45, 2.75) is 20.0 Å². The molecule has 0 aliphatic rings. The van der Waals surface area contributed by atoms with Crippen LogP contribution in [0.4, 0.5) is 4.39 Å². The lowest BCUT2D eigenvalue weighted by atomic mass is 9.98. The summed E-state index contributed by atoms with van der Waals surface area (Å²) in [5, 5.41) is 10.2. The first-order valence-electron chi connectivity index (χ1n) is 5.58. The second-order valence-corrected chi connectivity index (χ2v) is 4.30. The van der Waals surface area contributed by atoms with Gasteiger partial charge in [0, 0.05) is 0 Å². The number of hydrogen-bond donors (Lipinski definition) is 1. The summed E-state index contributed by atoms with van der Waals surface area (Å²) in [4.78, 5) is 0. The molecule has 2 heteroatoms. The van der Waals surface area contributed by atoms with E-state index in [4.69, 9.17) is 0 Å². The van der Waals surface area contributed by atoms with Crippen molar-refractivity contribution in [2.75, 3.05) is 0 Å². The van der Waals surface area contributed by atoms with Gasteiger partial charge in [-0.3, -0.25) is 0 Å². The van der Waals surface area contributed by atoms with Gasteiger partial charge in [0.1, 0.15) is 11.9 Å². The van der Waals surface area contributed by atoms with Crippen molar-refractivity contribution in [3.8, 4) is 0 Å². The molecular formula is C15H15FO. The number of rotatable bonds is 2. The first-order valence-corrected chi connectivity index (χ1v) is 5.58. The summed E-state index contributed by atoms with van der Waals surface area (Å²) in [5.41, 5.74) is 3.87. The zero-order valence-electron chi connectivity index (χ0n) is 9.94. The summed E-state index contributed by atoms with van der Waals surface area (Å²) in [6.45, 7) is 4.04. The third-order valence-electron chi connectivity index (χ3n) is 3.03. The van der Waals surface area contributed by atoms with Crippen LogP contribution < -0.4 is 0 Å². The molecule has 1 nitrogen and oxygen atoms in total. The molecule has 2 rings (SSSR count). The van der Waals surface area contributed by atoms with Gasteiger partial charge in [0.2, 0.25) is 0 Å². The Morgan fingerprint density at radius 1 is 0.882 bits per heavy atom. The van der Waals surface area contributed by atoms with Gasteiger partial charge in [-0.1, -0.05) is 30.3 Å². The van der Waals surface area contributed by atoms with Crippen LogP contribution in [0.1, 0.15) is 28.4 Å². The third-order valence-corrected chi connectivity index (χ3v) is 3.03. The van der Waals surface area contributed by atoms with Crippen LogP contribution in [-0.2, 0) is 0 Å². The first kappa shape index (κ1) is 11.8. The normalized spacial score (nSPS) is 12.5. The molecule has 0 saturated carbocycles. The van der Waals surface area contributed by atoms with E-state index in [1.807, 2.05) is 32.0 Å². The van der Waals surface area contributed by atoms with Crippen molar-refractivity contribution in [3.63, 3.8) is 0 Å². The monoisotopic (exact) mass is 230 g/mol. The quantitative estimate of drug-likeness (QED) is 0.836. The van der Waals surface area contributed by atoms with Crippen molar-refractivity contribution in [1.82, 2.24) is 0 Å². The number of aryl methyl sites for hydroxylation is 2. The third kappa shape index (κ3) is 2.53. The molecule has 0 aliphatic carbocycles. The van der Waals surface area contributed by atoms with E-state index >= 15 is 0 Å². The van der Waals surface area contributed by atoms with Gasteiger partial charge >= 0.3 is 0 Å². The van der Waals surface area contributed by atoms with Gasteiger partial charge in [0.25, 0.3) is 0 Å². The Balaban J connectivity index is 2.33. The van der Waals surface area contributed by atoms with Crippen LogP contribution in [0.25, 0.3) is 0 Å². The van der Waals surface area contributed by atoms with Crippen LogP contribution in [-0.4, -0.2) is 5.11 Å². The fourth-order valence-corrected chi connectivity index (χ4v) is 1.77. The average Bonchev–Trinajstić information content (AvgIpc) is 2.33. The van der Waals surface area contributed by atoms with Crippen LogP contribution in [0, 0.1) is 19.7 Å². The van der Waals surface area contributed by atoms with Gasteiger partial charge in [-0.25, -0.2) is 4.39 Å². The Hall–Kier alpha value is -1.67. The zero-order chi connectivity index (χ0) is 12.4. The molecule has 0 aliphatic heterocycles. The second-order valence-electron chi connectivity index (χ2n) is 4.30. The molecule has 0 saturated heterocycles. The van der Waals surface area contributed by atoms with Crippen LogP contribution in [0.5, 0.6) is 0 Å². The SMILES string of the molecule is Cc1ccc(C(O)c2ccc(F)cc2)cc1C. The highest BCUT2D eigenvalue weighted by Crippen LogP contribution is 2.23. The van der Waals surface area contributed by atoms with Gasteiger partial charge < -0.3 is 5.11 Å². The molecule has 88 valence electrons. The molecule has 2 aromatic rings. The van der Waals surface area contributed by atoms with E-state index in [1.165, 1.54) is 17.7 Å². The topological polar surface area (TPSA) is 20.2 Å². The summed E-state index contributed by atoms with van der Waals surface area (Å²) in [7, 11) is 0. The lowest BCUT2D eigenvalue weighted by molar-refractivity contribution is 0.220. The van der Waals surface area contributed by atoms with Crippen LogP contribution in [0.2, 0.25) is 0 Å². The minimum absolute atomic E-state index is 0.291. The maximum atomic E-state index is 12.8. The molecule has 0 spiro atoms. The van der Waals surface area contributed by atoms with Crippen molar-refractivity contribution in [3.05, 3.63) is 70.5 Å². The lowest BCUT2D eigenvalue weighted by Gasteiger charge is -2.13. The number of aliphatic hydroxyl groups excluding tert-OH is 1. The molecule has 0 heterocycles.